The molecule has 0 amide bonds. The Morgan fingerprint density at radius 1 is 0.455 bits per heavy atom. The van der Waals surface area contributed by atoms with Gasteiger partial charge in [0, 0.05) is 33.0 Å². The average molecular weight is 564 g/mol. The first-order valence-corrected chi connectivity index (χ1v) is 14.8. The van der Waals surface area contributed by atoms with Crippen molar-refractivity contribution in [1.29, 1.82) is 0 Å². The Labute approximate surface area is 253 Å². The van der Waals surface area contributed by atoms with Crippen LogP contribution in [0.4, 0.5) is 0 Å². The highest BCUT2D eigenvalue weighted by Gasteiger charge is 2.20. The van der Waals surface area contributed by atoms with E-state index < -0.39 is 0 Å². The Morgan fingerprint density at radius 2 is 1.07 bits per heavy atom. The molecule has 206 valence electrons. The van der Waals surface area contributed by atoms with Crippen molar-refractivity contribution in [1.82, 2.24) is 14.5 Å². The topological polar surface area (TPSA) is 43.9 Å². The number of para-hydroxylation sites is 2. The molecule has 0 aliphatic heterocycles. The van der Waals surface area contributed by atoms with Crippen molar-refractivity contribution < 1.29 is 4.42 Å². The Kier molecular flexibility index (Phi) is 5.47. The van der Waals surface area contributed by atoms with E-state index in [-0.39, 0.29) is 0 Å². The Balaban J connectivity index is 1.26. The minimum atomic E-state index is 0.681. The third-order valence-corrected chi connectivity index (χ3v) is 8.43. The van der Waals surface area contributed by atoms with Gasteiger partial charge in [-0.25, -0.2) is 9.97 Å². The first-order valence-electron chi connectivity index (χ1n) is 14.8. The summed E-state index contributed by atoms with van der Waals surface area (Å²) in [5.74, 6) is 0.681. The van der Waals surface area contributed by atoms with Gasteiger partial charge < -0.3 is 8.98 Å². The summed E-state index contributed by atoms with van der Waals surface area (Å²) in [7, 11) is 0. The highest BCUT2D eigenvalue weighted by Crippen LogP contribution is 2.39. The molecule has 0 unspecified atom stereocenters. The smallest absolute Gasteiger partial charge is 0.180 e. The number of hydrogen-bond donors (Lipinski definition) is 0. The molecule has 4 heteroatoms. The van der Waals surface area contributed by atoms with Crippen LogP contribution in [-0.2, 0) is 0 Å². The predicted octanol–water partition coefficient (Wildman–Crippen LogP) is 10.5. The van der Waals surface area contributed by atoms with Crippen LogP contribution in [-0.4, -0.2) is 14.5 Å². The summed E-state index contributed by atoms with van der Waals surface area (Å²) in [6, 6.07) is 52.7. The summed E-state index contributed by atoms with van der Waals surface area (Å²) < 4.78 is 8.76. The molecular weight excluding hydrogens is 538 g/mol. The predicted molar refractivity (Wildman–Crippen MR) is 180 cm³/mol. The maximum absolute atomic E-state index is 6.42. The zero-order valence-electron chi connectivity index (χ0n) is 23.7. The fourth-order valence-corrected chi connectivity index (χ4v) is 6.33. The number of hydrogen-bond acceptors (Lipinski definition) is 3. The summed E-state index contributed by atoms with van der Waals surface area (Å²) in [4.78, 5) is 10.1. The number of furan rings is 1. The maximum Gasteiger partial charge on any atom is 0.180 e. The van der Waals surface area contributed by atoms with E-state index in [0.717, 1.165) is 55.4 Å². The molecule has 0 bridgehead atoms. The van der Waals surface area contributed by atoms with Gasteiger partial charge in [-0.15, -0.1) is 0 Å². The SMILES string of the molecule is c1ccc(-c2ccc(-n3c4ccccc4c4cc(-c5nc(-c6ccccc6)nc6c5oc5ccccc56)ccc43)cc2)cc1. The zero-order chi connectivity index (χ0) is 29.0. The van der Waals surface area contributed by atoms with Crippen molar-refractivity contribution in [3.05, 3.63) is 152 Å². The van der Waals surface area contributed by atoms with Gasteiger partial charge >= 0.3 is 0 Å². The summed E-state index contributed by atoms with van der Waals surface area (Å²) in [6.07, 6.45) is 0. The number of benzene rings is 6. The average Bonchev–Trinajstić information content (AvgIpc) is 3.64. The van der Waals surface area contributed by atoms with E-state index >= 15 is 0 Å². The van der Waals surface area contributed by atoms with E-state index in [1.807, 2.05) is 54.6 Å². The van der Waals surface area contributed by atoms with E-state index in [2.05, 4.69) is 102 Å². The number of rotatable bonds is 4. The number of aromatic nitrogens is 3. The van der Waals surface area contributed by atoms with E-state index in [1.54, 1.807) is 0 Å². The summed E-state index contributed by atoms with van der Waals surface area (Å²) in [5.41, 5.74) is 10.9. The van der Waals surface area contributed by atoms with Crippen LogP contribution in [0, 0.1) is 0 Å². The molecular formula is C40H25N3O. The van der Waals surface area contributed by atoms with Gasteiger partial charge in [0.2, 0.25) is 0 Å². The van der Waals surface area contributed by atoms with Crippen LogP contribution in [0.5, 0.6) is 0 Å². The molecule has 9 rings (SSSR count). The molecule has 4 nitrogen and oxygen atoms in total. The van der Waals surface area contributed by atoms with Crippen molar-refractivity contribution in [3.63, 3.8) is 0 Å². The lowest BCUT2D eigenvalue weighted by Gasteiger charge is -2.10. The van der Waals surface area contributed by atoms with Crippen molar-refractivity contribution in [3.8, 4) is 39.5 Å². The minimum absolute atomic E-state index is 0.681. The molecule has 0 fully saturated rings. The fraction of sp³-hybridized carbons (Fsp3) is 0. The third kappa shape index (κ3) is 3.85. The molecule has 3 heterocycles. The molecule has 0 saturated carbocycles. The molecule has 44 heavy (non-hydrogen) atoms. The normalized spacial score (nSPS) is 11.6. The van der Waals surface area contributed by atoms with Gasteiger partial charge in [-0.2, -0.15) is 0 Å². The monoisotopic (exact) mass is 563 g/mol. The molecule has 9 aromatic rings. The quantitative estimate of drug-likeness (QED) is 0.214. The lowest BCUT2D eigenvalue weighted by atomic mass is 10.0. The van der Waals surface area contributed by atoms with Crippen LogP contribution in [0.2, 0.25) is 0 Å². The number of fused-ring (bicyclic) bond motifs is 6. The van der Waals surface area contributed by atoms with Gasteiger partial charge in [0.15, 0.2) is 11.4 Å². The first kappa shape index (κ1) is 24.6. The van der Waals surface area contributed by atoms with Crippen molar-refractivity contribution in [2.45, 2.75) is 0 Å². The van der Waals surface area contributed by atoms with Crippen LogP contribution in [0.1, 0.15) is 0 Å². The highest BCUT2D eigenvalue weighted by atomic mass is 16.3. The van der Waals surface area contributed by atoms with Crippen molar-refractivity contribution in [2.75, 3.05) is 0 Å². The summed E-state index contributed by atoms with van der Waals surface area (Å²) >= 11 is 0. The zero-order valence-corrected chi connectivity index (χ0v) is 23.7. The molecule has 6 aromatic carbocycles. The lowest BCUT2D eigenvalue weighted by Crippen LogP contribution is -1.95. The van der Waals surface area contributed by atoms with E-state index in [1.165, 1.54) is 16.5 Å². The van der Waals surface area contributed by atoms with Crippen LogP contribution >= 0.6 is 0 Å². The maximum atomic E-state index is 6.42. The number of nitrogens with zero attached hydrogens (tertiary/aromatic N) is 3. The Hall–Kier alpha value is -6.00. The minimum Gasteiger partial charge on any atom is -0.452 e. The van der Waals surface area contributed by atoms with Gasteiger partial charge in [-0.05, 0) is 53.6 Å². The van der Waals surface area contributed by atoms with Crippen LogP contribution < -0.4 is 0 Å². The molecule has 0 saturated heterocycles. The lowest BCUT2D eigenvalue weighted by molar-refractivity contribution is 0.667. The van der Waals surface area contributed by atoms with E-state index in [0.29, 0.717) is 11.4 Å². The van der Waals surface area contributed by atoms with Gasteiger partial charge in [-0.1, -0.05) is 109 Å². The van der Waals surface area contributed by atoms with E-state index in [9.17, 15) is 0 Å². The first-order chi connectivity index (χ1) is 21.8. The van der Waals surface area contributed by atoms with Crippen LogP contribution in [0.15, 0.2) is 156 Å². The third-order valence-electron chi connectivity index (χ3n) is 8.43. The van der Waals surface area contributed by atoms with Gasteiger partial charge in [0.25, 0.3) is 0 Å². The Morgan fingerprint density at radius 3 is 1.86 bits per heavy atom. The molecule has 0 atom stereocenters. The van der Waals surface area contributed by atoms with Gasteiger partial charge in [0.05, 0.1) is 11.0 Å². The second-order valence-electron chi connectivity index (χ2n) is 11.0. The molecule has 0 N–H and O–H groups in total. The van der Waals surface area contributed by atoms with Crippen LogP contribution in [0.25, 0.3) is 83.3 Å². The standard InChI is InChI=1S/C40H25N3O/c1-3-11-26(12-4-1)27-19-22-30(23-20-27)43-34-17-9-7-15-31(34)33-25-29(21-24-35(33)43)37-39-38(32-16-8-10-18-36(32)44-39)42-40(41-37)28-13-5-2-6-14-28/h1-25H. The highest BCUT2D eigenvalue weighted by molar-refractivity contribution is 6.12. The molecule has 0 aliphatic rings. The summed E-state index contributed by atoms with van der Waals surface area (Å²) in [6.45, 7) is 0. The second-order valence-corrected chi connectivity index (χ2v) is 11.0. The second kappa shape index (κ2) is 9.79. The van der Waals surface area contributed by atoms with Crippen molar-refractivity contribution in [2.24, 2.45) is 0 Å². The Bertz CT molecular complexity index is 2470. The molecule has 0 radical (unpaired) electrons. The summed E-state index contributed by atoms with van der Waals surface area (Å²) in [5, 5.41) is 3.34. The van der Waals surface area contributed by atoms with Gasteiger partial charge in [0.1, 0.15) is 16.8 Å². The van der Waals surface area contributed by atoms with E-state index in [4.69, 9.17) is 14.4 Å². The fourth-order valence-electron chi connectivity index (χ4n) is 6.33. The molecule has 0 aliphatic carbocycles. The molecule has 3 aromatic heterocycles. The largest absolute Gasteiger partial charge is 0.452 e. The van der Waals surface area contributed by atoms with Crippen molar-refractivity contribution >= 4 is 43.9 Å². The van der Waals surface area contributed by atoms with Crippen LogP contribution in [0.3, 0.4) is 0 Å². The van der Waals surface area contributed by atoms with Gasteiger partial charge in [-0.3, -0.25) is 0 Å². The molecule has 0 spiro atoms.